The van der Waals surface area contributed by atoms with Crippen molar-refractivity contribution in [3.05, 3.63) is 65.0 Å². The maximum absolute atomic E-state index is 12.9. The number of anilines is 1. The minimum Gasteiger partial charge on any atom is -0.372 e. The van der Waals surface area contributed by atoms with Crippen LogP contribution in [0.3, 0.4) is 0 Å². The van der Waals surface area contributed by atoms with Gasteiger partial charge in [-0.25, -0.2) is 0 Å². The molecule has 8 heteroatoms. The summed E-state index contributed by atoms with van der Waals surface area (Å²) in [6.07, 6.45) is 4.19. The van der Waals surface area contributed by atoms with E-state index in [0.717, 1.165) is 50.1 Å². The first-order chi connectivity index (χ1) is 17.0. The topological polar surface area (TPSA) is 74.5 Å². The molecule has 3 aromatic rings. The number of piperidine rings is 1. The van der Waals surface area contributed by atoms with E-state index in [1.807, 2.05) is 24.3 Å². The number of carbonyl (C=O) groups excluding carboxylic acids is 1. The zero-order valence-electron chi connectivity index (χ0n) is 20.1. The van der Waals surface area contributed by atoms with Crippen molar-refractivity contribution < 1.29 is 9.32 Å². The predicted molar refractivity (Wildman–Crippen MR) is 137 cm³/mol. The van der Waals surface area contributed by atoms with E-state index in [9.17, 15) is 4.79 Å². The number of carbonyl (C=O) groups is 1. The van der Waals surface area contributed by atoms with Gasteiger partial charge >= 0.3 is 0 Å². The summed E-state index contributed by atoms with van der Waals surface area (Å²) >= 11 is 5.95. The molecule has 35 heavy (non-hydrogen) atoms. The van der Waals surface area contributed by atoms with Crippen LogP contribution < -0.4 is 10.2 Å². The Labute approximate surface area is 211 Å². The first kappa shape index (κ1) is 23.8. The molecule has 184 valence electrons. The normalized spacial score (nSPS) is 18.1. The first-order valence-corrected chi connectivity index (χ1v) is 12.9. The number of hydrogen-bond donors (Lipinski definition) is 1. The van der Waals surface area contributed by atoms with Gasteiger partial charge in [-0.1, -0.05) is 28.9 Å². The average Bonchev–Trinajstić information content (AvgIpc) is 3.58. The van der Waals surface area contributed by atoms with Crippen LogP contribution in [0.4, 0.5) is 5.69 Å². The predicted octanol–water partition coefficient (Wildman–Crippen LogP) is 5.08. The third-order valence-electron chi connectivity index (χ3n) is 7.11. The first-order valence-electron chi connectivity index (χ1n) is 12.5. The van der Waals surface area contributed by atoms with Crippen molar-refractivity contribution in [3.63, 3.8) is 0 Å². The molecule has 1 aromatic heterocycles. The Hall–Kier alpha value is -2.90. The van der Waals surface area contributed by atoms with Gasteiger partial charge in [0.15, 0.2) is 0 Å². The van der Waals surface area contributed by atoms with E-state index in [-0.39, 0.29) is 17.9 Å². The summed E-state index contributed by atoms with van der Waals surface area (Å²) in [4.78, 5) is 22.1. The molecule has 0 bridgehead atoms. The van der Waals surface area contributed by atoms with E-state index in [4.69, 9.17) is 16.1 Å². The zero-order valence-corrected chi connectivity index (χ0v) is 20.9. The number of halogens is 1. The monoisotopic (exact) mass is 493 g/mol. The molecule has 2 aliphatic heterocycles. The van der Waals surface area contributed by atoms with Crippen LogP contribution in [0.1, 0.15) is 50.1 Å². The van der Waals surface area contributed by atoms with Crippen molar-refractivity contribution in [1.82, 2.24) is 20.4 Å². The van der Waals surface area contributed by atoms with Gasteiger partial charge in [0.2, 0.25) is 17.6 Å². The molecule has 5 rings (SSSR count). The lowest BCUT2D eigenvalue weighted by Crippen LogP contribution is -2.40. The molecule has 3 heterocycles. The highest BCUT2D eigenvalue weighted by atomic mass is 35.5. The number of aromatic nitrogens is 2. The molecule has 0 spiro atoms. The SMILES string of the molecule is CC(NC(=O)C1CCN(Cc2nc(-c3ccc(Cl)cc3)no2)CC1)c1ccc(N2CCCC2)cc1. The molecule has 2 aliphatic rings. The van der Waals surface area contributed by atoms with Crippen molar-refractivity contribution in [1.29, 1.82) is 0 Å². The molecule has 1 amide bonds. The van der Waals surface area contributed by atoms with Gasteiger partial charge in [0.25, 0.3) is 0 Å². The van der Waals surface area contributed by atoms with E-state index in [0.29, 0.717) is 23.3 Å². The van der Waals surface area contributed by atoms with Crippen LogP contribution in [0, 0.1) is 5.92 Å². The fourth-order valence-corrected chi connectivity index (χ4v) is 5.07. The smallest absolute Gasteiger partial charge is 0.241 e. The Kier molecular flexibility index (Phi) is 7.35. The van der Waals surface area contributed by atoms with Crippen LogP contribution in [0.5, 0.6) is 0 Å². The molecular formula is C27H32ClN5O2. The maximum Gasteiger partial charge on any atom is 0.241 e. The lowest BCUT2D eigenvalue weighted by Gasteiger charge is -2.31. The average molecular weight is 494 g/mol. The molecular weight excluding hydrogens is 462 g/mol. The largest absolute Gasteiger partial charge is 0.372 e. The summed E-state index contributed by atoms with van der Waals surface area (Å²) < 4.78 is 5.45. The van der Waals surface area contributed by atoms with Crippen molar-refractivity contribution in [2.45, 2.75) is 45.2 Å². The van der Waals surface area contributed by atoms with Gasteiger partial charge in [0.1, 0.15) is 0 Å². The number of benzene rings is 2. The van der Waals surface area contributed by atoms with Gasteiger partial charge in [-0.05, 0) is 87.7 Å². The van der Waals surface area contributed by atoms with Crippen LogP contribution in [0.15, 0.2) is 53.1 Å². The quantitative estimate of drug-likeness (QED) is 0.494. The molecule has 0 radical (unpaired) electrons. The summed E-state index contributed by atoms with van der Waals surface area (Å²) in [7, 11) is 0. The van der Waals surface area contributed by atoms with E-state index in [1.165, 1.54) is 18.5 Å². The van der Waals surface area contributed by atoms with E-state index >= 15 is 0 Å². The van der Waals surface area contributed by atoms with E-state index in [1.54, 1.807) is 0 Å². The van der Waals surface area contributed by atoms with Gasteiger partial charge < -0.3 is 14.7 Å². The summed E-state index contributed by atoms with van der Waals surface area (Å²) in [6.45, 7) is 6.59. The zero-order chi connectivity index (χ0) is 24.2. The second-order valence-corrected chi connectivity index (χ2v) is 10.0. The third-order valence-corrected chi connectivity index (χ3v) is 7.36. The lowest BCUT2D eigenvalue weighted by atomic mass is 9.95. The van der Waals surface area contributed by atoms with Crippen LogP contribution in [0.25, 0.3) is 11.4 Å². The minimum atomic E-state index is -0.00200. The Balaban J connectivity index is 1.09. The Morgan fingerprint density at radius 1 is 1.06 bits per heavy atom. The number of rotatable bonds is 7. The highest BCUT2D eigenvalue weighted by molar-refractivity contribution is 6.30. The molecule has 7 nitrogen and oxygen atoms in total. The van der Waals surface area contributed by atoms with Crippen LogP contribution >= 0.6 is 11.6 Å². The number of nitrogens with one attached hydrogen (secondary N) is 1. The van der Waals surface area contributed by atoms with Gasteiger partial charge in [0.05, 0.1) is 12.6 Å². The molecule has 2 saturated heterocycles. The van der Waals surface area contributed by atoms with Gasteiger partial charge in [0, 0.05) is 35.3 Å². The second-order valence-electron chi connectivity index (χ2n) is 9.59. The number of amides is 1. The highest BCUT2D eigenvalue weighted by Gasteiger charge is 2.27. The maximum atomic E-state index is 12.9. The minimum absolute atomic E-state index is 0.00200. The van der Waals surface area contributed by atoms with Gasteiger partial charge in [-0.3, -0.25) is 9.69 Å². The van der Waals surface area contributed by atoms with Crippen LogP contribution in [0.2, 0.25) is 5.02 Å². The van der Waals surface area contributed by atoms with Crippen molar-refractivity contribution >= 4 is 23.2 Å². The molecule has 1 atom stereocenters. The fourth-order valence-electron chi connectivity index (χ4n) is 4.94. The summed E-state index contributed by atoms with van der Waals surface area (Å²) in [5, 5.41) is 7.99. The van der Waals surface area contributed by atoms with Crippen molar-refractivity contribution in [2.24, 2.45) is 5.92 Å². The van der Waals surface area contributed by atoms with Gasteiger partial charge in [-0.2, -0.15) is 4.98 Å². The van der Waals surface area contributed by atoms with Crippen molar-refractivity contribution in [3.8, 4) is 11.4 Å². The van der Waals surface area contributed by atoms with Crippen LogP contribution in [-0.2, 0) is 11.3 Å². The molecule has 1 unspecified atom stereocenters. The fraction of sp³-hybridized carbons (Fsp3) is 0.444. The molecule has 2 aromatic carbocycles. The Morgan fingerprint density at radius 3 is 2.43 bits per heavy atom. The number of hydrogen-bond acceptors (Lipinski definition) is 6. The number of likely N-dealkylation sites (tertiary alicyclic amines) is 1. The van der Waals surface area contributed by atoms with E-state index < -0.39 is 0 Å². The lowest BCUT2D eigenvalue weighted by molar-refractivity contribution is -0.127. The molecule has 1 N–H and O–H groups in total. The van der Waals surface area contributed by atoms with E-state index in [2.05, 4.69) is 56.4 Å². The van der Waals surface area contributed by atoms with Gasteiger partial charge in [-0.15, -0.1) is 0 Å². The summed E-state index contributed by atoms with van der Waals surface area (Å²) in [6, 6.07) is 16.0. The molecule has 0 saturated carbocycles. The molecule has 0 aliphatic carbocycles. The Bertz CT molecular complexity index is 1120. The standard InChI is InChI=1S/C27H32ClN5O2/c1-19(20-6-10-24(11-7-20)33-14-2-3-15-33)29-27(34)22-12-16-32(17-13-22)18-25-30-26(31-35-25)21-4-8-23(28)9-5-21/h4-11,19,22H,2-3,12-18H2,1H3,(H,29,34). The van der Waals surface area contributed by atoms with Crippen molar-refractivity contribution in [2.75, 3.05) is 31.1 Å². The highest BCUT2D eigenvalue weighted by Crippen LogP contribution is 2.25. The second kappa shape index (κ2) is 10.8. The molecule has 2 fully saturated rings. The Morgan fingerprint density at radius 2 is 1.74 bits per heavy atom. The summed E-state index contributed by atoms with van der Waals surface area (Å²) in [5.41, 5.74) is 3.30. The van der Waals surface area contributed by atoms with Crippen LogP contribution in [-0.4, -0.2) is 47.1 Å². The number of nitrogens with zero attached hydrogens (tertiary/aromatic N) is 4. The third kappa shape index (κ3) is 5.85. The summed E-state index contributed by atoms with van der Waals surface area (Å²) in [5.74, 6) is 1.32.